The number of rotatable bonds is 2. The van der Waals surface area contributed by atoms with Crippen LogP contribution in [0.3, 0.4) is 0 Å². The van der Waals surface area contributed by atoms with Gasteiger partial charge in [0, 0.05) is 18.4 Å². The first-order valence-corrected chi connectivity index (χ1v) is 3.20. The van der Waals surface area contributed by atoms with Crippen molar-refractivity contribution in [3.8, 4) is 0 Å². The van der Waals surface area contributed by atoms with E-state index in [-0.39, 0.29) is 11.4 Å². The zero-order valence-electron chi connectivity index (χ0n) is 6.32. The van der Waals surface area contributed by atoms with Crippen LogP contribution >= 0.6 is 0 Å². The minimum absolute atomic E-state index is 0.0517. The normalized spacial score (nSPS) is 18.7. The van der Waals surface area contributed by atoms with E-state index in [1.807, 2.05) is 0 Å². The van der Waals surface area contributed by atoms with Crippen LogP contribution in [0.5, 0.6) is 0 Å². The Morgan fingerprint density at radius 2 is 2.38 bits per heavy atom. The maximum Gasteiger partial charge on any atom is 0.273 e. The Hall–Kier alpha value is -2.02. The number of nitrogens with zero attached hydrogens (tertiary/aromatic N) is 3. The molecule has 1 N–H and O–H groups in total. The van der Waals surface area contributed by atoms with Gasteiger partial charge in [-0.25, -0.2) is 5.06 Å². The average molecular weight is 183 g/mol. The zero-order chi connectivity index (χ0) is 9.84. The van der Waals surface area contributed by atoms with Gasteiger partial charge >= 0.3 is 0 Å². The first-order valence-electron chi connectivity index (χ1n) is 3.20. The van der Waals surface area contributed by atoms with Crippen LogP contribution < -0.4 is 0 Å². The molecular weight excluding hydrogens is 178 g/mol. The lowest BCUT2D eigenvalue weighted by molar-refractivity contribution is -0.419. The van der Waals surface area contributed by atoms with Crippen molar-refractivity contribution in [3.63, 3.8) is 0 Å². The summed E-state index contributed by atoms with van der Waals surface area (Å²) >= 11 is 0. The maximum atomic E-state index is 10.3. The van der Waals surface area contributed by atoms with Gasteiger partial charge in [0.2, 0.25) is 0 Å². The summed E-state index contributed by atoms with van der Waals surface area (Å²) in [4.78, 5) is 19.4. The molecule has 1 aliphatic rings. The van der Waals surface area contributed by atoms with Crippen LogP contribution in [0.25, 0.3) is 0 Å². The zero-order valence-corrected chi connectivity index (χ0v) is 6.32. The summed E-state index contributed by atoms with van der Waals surface area (Å²) in [7, 11) is 0. The van der Waals surface area contributed by atoms with E-state index < -0.39 is 4.92 Å². The summed E-state index contributed by atoms with van der Waals surface area (Å²) in [6.45, 7) is 0. The van der Waals surface area contributed by atoms with Crippen LogP contribution in [0, 0.1) is 15.0 Å². The van der Waals surface area contributed by atoms with Crippen molar-refractivity contribution in [1.29, 1.82) is 0 Å². The molecule has 0 saturated carbocycles. The Bertz CT molecular complexity index is 331. The summed E-state index contributed by atoms with van der Waals surface area (Å²) in [5.41, 5.74) is -0.274. The number of nitroso groups, excluding NO2 is 1. The minimum Gasteiger partial charge on any atom is -0.284 e. The van der Waals surface area contributed by atoms with E-state index in [0.29, 0.717) is 5.06 Å². The molecular formula is C6H5N3O4. The van der Waals surface area contributed by atoms with Gasteiger partial charge in [-0.15, -0.1) is 4.91 Å². The summed E-state index contributed by atoms with van der Waals surface area (Å²) in [6, 6.07) is 0. The maximum absolute atomic E-state index is 10.3. The third-order valence-corrected chi connectivity index (χ3v) is 1.34. The lowest BCUT2D eigenvalue weighted by Gasteiger charge is -2.13. The van der Waals surface area contributed by atoms with E-state index in [0.717, 1.165) is 24.6 Å². The molecule has 0 aromatic carbocycles. The fourth-order valence-electron chi connectivity index (χ4n) is 0.763. The molecule has 7 nitrogen and oxygen atoms in total. The van der Waals surface area contributed by atoms with Crippen molar-refractivity contribution in [3.05, 3.63) is 51.0 Å². The molecule has 1 aliphatic heterocycles. The fourth-order valence-corrected chi connectivity index (χ4v) is 0.763. The molecule has 0 spiro atoms. The van der Waals surface area contributed by atoms with E-state index in [1.165, 1.54) is 0 Å². The van der Waals surface area contributed by atoms with Gasteiger partial charge in [0.05, 0.1) is 16.8 Å². The van der Waals surface area contributed by atoms with Gasteiger partial charge in [0.15, 0.2) is 0 Å². The van der Waals surface area contributed by atoms with Gasteiger partial charge in [-0.1, -0.05) is 0 Å². The van der Waals surface area contributed by atoms with E-state index in [1.54, 1.807) is 0 Å². The molecule has 0 atom stereocenters. The van der Waals surface area contributed by atoms with Gasteiger partial charge in [0.1, 0.15) is 0 Å². The molecule has 7 heteroatoms. The van der Waals surface area contributed by atoms with Crippen LogP contribution in [0.2, 0.25) is 0 Å². The molecule has 0 aliphatic carbocycles. The Morgan fingerprint density at radius 3 is 2.92 bits per heavy atom. The molecule has 1 heterocycles. The van der Waals surface area contributed by atoms with Crippen LogP contribution in [0.15, 0.2) is 41.1 Å². The quantitative estimate of drug-likeness (QED) is 0.391. The Balaban J connectivity index is 3.00. The Morgan fingerprint density at radius 1 is 1.69 bits per heavy atom. The molecule has 0 amide bonds. The van der Waals surface area contributed by atoms with Gasteiger partial charge < -0.3 is 0 Å². The molecule has 0 aromatic rings. The molecule has 0 bridgehead atoms. The topological polar surface area (TPSA) is 96.0 Å². The lowest BCUT2D eigenvalue weighted by atomic mass is 10.3. The number of hydrogen-bond acceptors (Lipinski definition) is 6. The second-order valence-corrected chi connectivity index (χ2v) is 2.15. The predicted octanol–water partition coefficient (Wildman–Crippen LogP) is 0.973. The van der Waals surface area contributed by atoms with Crippen LogP contribution in [0.4, 0.5) is 0 Å². The second kappa shape index (κ2) is 3.59. The van der Waals surface area contributed by atoms with Crippen LogP contribution in [-0.4, -0.2) is 15.2 Å². The van der Waals surface area contributed by atoms with Crippen molar-refractivity contribution in [2.45, 2.75) is 0 Å². The van der Waals surface area contributed by atoms with Crippen molar-refractivity contribution >= 4 is 0 Å². The molecule has 68 valence electrons. The fraction of sp³-hybridized carbons (Fsp3) is 0. The number of nitro groups is 1. The van der Waals surface area contributed by atoms with Crippen LogP contribution in [-0.2, 0) is 0 Å². The average Bonchev–Trinajstić information content (AvgIpc) is 2.08. The highest BCUT2D eigenvalue weighted by molar-refractivity contribution is 5.29. The first kappa shape index (κ1) is 9.07. The Kier molecular flexibility index (Phi) is 2.50. The SMILES string of the molecule is O=N/C=C1\C=C([N+](=O)[O-])C=CN1O. The van der Waals surface area contributed by atoms with Crippen molar-refractivity contribution in [1.82, 2.24) is 5.06 Å². The molecule has 0 unspecified atom stereocenters. The number of hydroxylamine groups is 2. The van der Waals surface area contributed by atoms with Gasteiger partial charge in [0.25, 0.3) is 5.70 Å². The predicted molar refractivity (Wildman–Crippen MR) is 41.7 cm³/mol. The van der Waals surface area contributed by atoms with E-state index in [4.69, 9.17) is 5.21 Å². The van der Waals surface area contributed by atoms with E-state index in [9.17, 15) is 15.0 Å². The number of allylic oxidation sites excluding steroid dienone is 2. The van der Waals surface area contributed by atoms with Crippen molar-refractivity contribution in [2.75, 3.05) is 0 Å². The summed E-state index contributed by atoms with van der Waals surface area (Å²) in [6.07, 6.45) is 3.95. The van der Waals surface area contributed by atoms with Gasteiger partial charge in [-0.2, -0.15) is 0 Å². The molecule has 0 saturated heterocycles. The van der Waals surface area contributed by atoms with Gasteiger partial charge in [-0.05, 0) is 5.18 Å². The smallest absolute Gasteiger partial charge is 0.273 e. The van der Waals surface area contributed by atoms with Crippen molar-refractivity contribution in [2.24, 2.45) is 5.18 Å². The summed E-state index contributed by atoms with van der Waals surface area (Å²) < 4.78 is 0. The first-order chi connectivity index (χ1) is 6.15. The molecule has 0 radical (unpaired) electrons. The minimum atomic E-state index is -0.637. The third-order valence-electron chi connectivity index (χ3n) is 1.34. The highest BCUT2D eigenvalue weighted by atomic mass is 16.6. The lowest BCUT2D eigenvalue weighted by Crippen LogP contribution is -2.14. The molecule has 13 heavy (non-hydrogen) atoms. The van der Waals surface area contributed by atoms with E-state index >= 15 is 0 Å². The standard InChI is InChI=1S/C6H5N3O4/c10-7-4-6-3-5(9(12)13)1-2-8(6)11/h1-4,11H/b6-4+. The molecule has 0 aromatic heterocycles. The van der Waals surface area contributed by atoms with Crippen LogP contribution in [0.1, 0.15) is 0 Å². The molecule has 1 rings (SSSR count). The molecule has 0 fully saturated rings. The monoisotopic (exact) mass is 183 g/mol. The largest absolute Gasteiger partial charge is 0.284 e. The van der Waals surface area contributed by atoms with E-state index in [2.05, 4.69) is 5.18 Å². The highest BCUT2D eigenvalue weighted by Gasteiger charge is 2.15. The summed E-state index contributed by atoms with van der Waals surface area (Å²) in [5, 5.41) is 22.2. The highest BCUT2D eigenvalue weighted by Crippen LogP contribution is 2.15. The number of hydrogen-bond donors (Lipinski definition) is 1. The third kappa shape index (κ3) is 1.97. The summed E-state index contributed by atoms with van der Waals surface area (Å²) in [5.74, 6) is 0. The Labute approximate surface area is 72.3 Å². The van der Waals surface area contributed by atoms with Gasteiger partial charge in [-0.3, -0.25) is 15.3 Å². The second-order valence-electron chi connectivity index (χ2n) is 2.15. The van der Waals surface area contributed by atoms with Crippen molar-refractivity contribution < 1.29 is 10.1 Å².